The predicted molar refractivity (Wildman–Crippen MR) is 125 cm³/mol. The number of ether oxygens (including phenoxy) is 3. The van der Waals surface area contributed by atoms with E-state index in [2.05, 4.69) is 22.4 Å². The summed E-state index contributed by atoms with van der Waals surface area (Å²) in [5.41, 5.74) is 3.14. The van der Waals surface area contributed by atoms with Gasteiger partial charge in [0.15, 0.2) is 5.13 Å². The molecule has 4 rings (SSSR count). The highest BCUT2D eigenvalue weighted by atomic mass is 32.1. The van der Waals surface area contributed by atoms with Crippen molar-refractivity contribution in [2.45, 2.75) is 32.1 Å². The summed E-state index contributed by atoms with van der Waals surface area (Å²) in [6.07, 6.45) is 3.45. The van der Waals surface area contributed by atoms with Crippen LogP contribution in [0.1, 0.15) is 34.0 Å². The number of hydrogen-bond donors (Lipinski definition) is 1. The van der Waals surface area contributed by atoms with Crippen molar-refractivity contribution in [1.82, 2.24) is 4.98 Å². The molecular formula is C25H26N2O4S. The summed E-state index contributed by atoms with van der Waals surface area (Å²) in [5, 5.41) is 3.56. The Morgan fingerprint density at radius 2 is 2.00 bits per heavy atom. The maximum Gasteiger partial charge on any atom is 0.229 e. The van der Waals surface area contributed by atoms with Gasteiger partial charge in [0.05, 0.1) is 18.7 Å². The Labute approximate surface area is 191 Å². The second-order valence-corrected chi connectivity index (χ2v) is 8.59. The number of benzene rings is 2. The number of thiazole rings is 1. The summed E-state index contributed by atoms with van der Waals surface area (Å²) in [5.74, 6) is 1.50. The van der Waals surface area contributed by atoms with Gasteiger partial charge in [-0.2, -0.15) is 0 Å². The van der Waals surface area contributed by atoms with Gasteiger partial charge in [-0.15, -0.1) is 11.3 Å². The number of amides is 1. The van der Waals surface area contributed by atoms with Gasteiger partial charge in [-0.3, -0.25) is 4.79 Å². The van der Waals surface area contributed by atoms with Gasteiger partial charge in [0, 0.05) is 11.3 Å². The Kier molecular flexibility index (Phi) is 7.07. The van der Waals surface area contributed by atoms with Crippen molar-refractivity contribution in [3.8, 4) is 5.75 Å². The Hall–Kier alpha value is -3.32. The number of carbonyl (C=O) groups is 1. The van der Waals surface area contributed by atoms with E-state index in [4.69, 9.17) is 14.2 Å². The van der Waals surface area contributed by atoms with E-state index in [0.717, 1.165) is 34.1 Å². The zero-order valence-corrected chi connectivity index (χ0v) is 19.0. The van der Waals surface area contributed by atoms with Crippen LogP contribution in [0.4, 0.5) is 5.13 Å². The van der Waals surface area contributed by atoms with E-state index in [9.17, 15) is 4.79 Å². The van der Waals surface area contributed by atoms with Crippen molar-refractivity contribution in [2.75, 3.05) is 19.2 Å². The molecule has 32 heavy (non-hydrogen) atoms. The molecule has 6 nitrogen and oxygen atoms in total. The molecule has 0 aliphatic carbocycles. The Morgan fingerprint density at radius 3 is 2.75 bits per heavy atom. The van der Waals surface area contributed by atoms with Crippen LogP contribution in [0.2, 0.25) is 0 Å². The number of nitrogens with zero attached hydrogens (tertiary/aromatic N) is 1. The Balaban J connectivity index is 1.44. The molecule has 0 radical (unpaired) electrons. The van der Waals surface area contributed by atoms with Crippen molar-refractivity contribution >= 4 is 22.4 Å². The number of allylic oxidation sites excluding steroid dienone is 1. The first-order valence-electron chi connectivity index (χ1n) is 10.5. The molecule has 1 aliphatic heterocycles. The molecule has 1 atom stereocenters. The molecule has 0 fully saturated rings. The van der Waals surface area contributed by atoms with Crippen molar-refractivity contribution < 1.29 is 19.0 Å². The van der Waals surface area contributed by atoms with E-state index in [1.807, 2.05) is 49.4 Å². The van der Waals surface area contributed by atoms with Crippen LogP contribution < -0.4 is 10.1 Å². The highest BCUT2D eigenvalue weighted by Gasteiger charge is 2.27. The number of rotatable bonds is 9. The lowest BCUT2D eigenvalue weighted by Gasteiger charge is -2.16. The molecule has 1 N–H and O–H groups in total. The molecule has 0 bridgehead atoms. The van der Waals surface area contributed by atoms with Gasteiger partial charge in [-0.25, -0.2) is 4.98 Å². The smallest absolute Gasteiger partial charge is 0.229 e. The van der Waals surface area contributed by atoms with Gasteiger partial charge in [0.2, 0.25) is 12.7 Å². The Bertz CT molecular complexity index is 1090. The summed E-state index contributed by atoms with van der Waals surface area (Å²) in [6, 6.07) is 18.0. The number of anilines is 1. The first kappa shape index (κ1) is 21.9. The predicted octanol–water partition coefficient (Wildman–Crippen LogP) is 5.20. The number of nitrogens with one attached hydrogen (secondary N) is 1. The highest BCUT2D eigenvalue weighted by molar-refractivity contribution is 7.16. The van der Waals surface area contributed by atoms with E-state index in [-0.39, 0.29) is 18.6 Å². The maximum absolute atomic E-state index is 12.5. The van der Waals surface area contributed by atoms with Crippen molar-refractivity contribution in [1.29, 1.82) is 0 Å². The molecule has 0 saturated carbocycles. The van der Waals surface area contributed by atoms with Crippen LogP contribution in [-0.4, -0.2) is 24.8 Å². The fourth-order valence-corrected chi connectivity index (χ4v) is 4.75. The molecule has 1 aliphatic rings. The molecule has 7 heteroatoms. The van der Waals surface area contributed by atoms with Crippen LogP contribution in [0.25, 0.3) is 0 Å². The summed E-state index contributed by atoms with van der Waals surface area (Å²) >= 11 is 1.49. The minimum absolute atomic E-state index is 0.0140. The van der Waals surface area contributed by atoms with E-state index >= 15 is 0 Å². The number of carbonyl (C=O) groups excluding carboxylic acids is 1. The van der Waals surface area contributed by atoms with Crippen LogP contribution >= 0.6 is 11.3 Å². The zero-order chi connectivity index (χ0) is 22.3. The summed E-state index contributed by atoms with van der Waals surface area (Å²) in [6.45, 7) is 2.19. The van der Waals surface area contributed by atoms with Crippen molar-refractivity contribution in [3.63, 3.8) is 0 Å². The van der Waals surface area contributed by atoms with Gasteiger partial charge >= 0.3 is 0 Å². The number of aromatic nitrogens is 1. The highest BCUT2D eigenvalue weighted by Crippen LogP contribution is 2.38. The van der Waals surface area contributed by atoms with Gasteiger partial charge in [-0.1, -0.05) is 42.5 Å². The minimum atomic E-state index is -0.0626. The van der Waals surface area contributed by atoms with Crippen LogP contribution in [0, 0.1) is 6.92 Å². The molecule has 0 spiro atoms. The SMILES string of the molecule is COc1cccc(CCC(=O)Nc2nc(C)c(C(Cc3ccccc3)C3=COCO3)s2)c1. The van der Waals surface area contributed by atoms with Gasteiger partial charge in [0.25, 0.3) is 0 Å². The van der Waals surface area contributed by atoms with E-state index < -0.39 is 0 Å². The van der Waals surface area contributed by atoms with Gasteiger partial charge in [-0.05, 0) is 43.0 Å². The lowest BCUT2D eigenvalue weighted by atomic mass is 9.95. The third kappa shape index (κ3) is 5.48. The topological polar surface area (TPSA) is 69.7 Å². The third-order valence-electron chi connectivity index (χ3n) is 5.29. The molecular weight excluding hydrogens is 424 g/mol. The Morgan fingerprint density at radius 1 is 1.19 bits per heavy atom. The lowest BCUT2D eigenvalue weighted by molar-refractivity contribution is -0.116. The average Bonchev–Trinajstić information content (AvgIpc) is 3.47. The van der Waals surface area contributed by atoms with Crippen molar-refractivity contribution in [3.05, 3.63) is 88.3 Å². The third-order valence-corrected chi connectivity index (χ3v) is 6.48. The standard InChI is InChI=1S/C25H26N2O4S/c1-17-24(21(22-15-30-16-31-22)14-18-7-4-3-5-8-18)32-25(26-17)27-23(28)12-11-19-9-6-10-20(13-19)29-2/h3-10,13,15,21H,11-12,14,16H2,1-2H3,(H,26,27,28). The summed E-state index contributed by atoms with van der Waals surface area (Å²) in [7, 11) is 1.64. The zero-order valence-electron chi connectivity index (χ0n) is 18.2. The van der Waals surface area contributed by atoms with Crippen LogP contribution in [-0.2, 0) is 27.1 Å². The maximum atomic E-state index is 12.5. The molecule has 3 aromatic rings. The normalized spacial score (nSPS) is 13.6. The number of aryl methyl sites for hydroxylation is 2. The van der Waals surface area contributed by atoms with Gasteiger partial charge < -0.3 is 19.5 Å². The lowest BCUT2D eigenvalue weighted by Crippen LogP contribution is -2.12. The largest absolute Gasteiger partial charge is 0.497 e. The molecule has 0 saturated heterocycles. The van der Waals surface area contributed by atoms with Gasteiger partial charge in [0.1, 0.15) is 17.8 Å². The molecule has 1 amide bonds. The van der Waals surface area contributed by atoms with E-state index in [1.165, 1.54) is 16.9 Å². The average molecular weight is 451 g/mol. The van der Waals surface area contributed by atoms with E-state index in [0.29, 0.717) is 18.0 Å². The molecule has 1 unspecified atom stereocenters. The number of methoxy groups -OCH3 is 1. The first-order valence-corrected chi connectivity index (χ1v) is 11.3. The molecule has 2 heterocycles. The second-order valence-electron chi connectivity index (χ2n) is 7.56. The van der Waals surface area contributed by atoms with Crippen molar-refractivity contribution in [2.24, 2.45) is 0 Å². The fourth-order valence-electron chi connectivity index (χ4n) is 3.66. The van der Waals surface area contributed by atoms with Crippen LogP contribution in [0.5, 0.6) is 5.75 Å². The van der Waals surface area contributed by atoms with Crippen LogP contribution in [0.3, 0.4) is 0 Å². The molecule has 2 aromatic carbocycles. The van der Waals surface area contributed by atoms with E-state index in [1.54, 1.807) is 13.4 Å². The van der Waals surface area contributed by atoms with Crippen LogP contribution in [0.15, 0.2) is 66.6 Å². The second kappa shape index (κ2) is 10.3. The summed E-state index contributed by atoms with van der Waals surface area (Å²) < 4.78 is 16.3. The molecule has 1 aromatic heterocycles. The first-order chi connectivity index (χ1) is 15.6. The fraction of sp³-hybridized carbons (Fsp3) is 0.280. The summed E-state index contributed by atoms with van der Waals surface area (Å²) in [4.78, 5) is 18.2. The molecule has 166 valence electrons. The monoisotopic (exact) mass is 450 g/mol. The minimum Gasteiger partial charge on any atom is -0.497 e. The number of hydrogen-bond acceptors (Lipinski definition) is 6. The quantitative estimate of drug-likeness (QED) is 0.485.